The maximum Gasteiger partial charge on any atom is 0.152 e. The number of rotatable bonds is 2. The van der Waals surface area contributed by atoms with Gasteiger partial charge in [-0.15, -0.1) is 0 Å². The van der Waals surface area contributed by atoms with Crippen molar-refractivity contribution in [1.29, 1.82) is 0 Å². The van der Waals surface area contributed by atoms with Crippen LogP contribution in [0.25, 0.3) is 0 Å². The Balaban J connectivity index is 2.61. The molecule has 0 aliphatic heterocycles. The molecule has 0 aromatic carbocycles. The number of aryl methyl sites for hydroxylation is 1. The van der Waals surface area contributed by atoms with E-state index in [2.05, 4.69) is 26.9 Å². The maximum atomic E-state index is 2.23. The van der Waals surface area contributed by atoms with Gasteiger partial charge in [0.05, 0.1) is 0 Å². The zero-order valence-electron chi connectivity index (χ0n) is 5.98. The average Bonchev–Trinajstić information content (AvgIpc) is 2.17. The third-order valence-corrected chi connectivity index (χ3v) is 2.35. The first-order valence-corrected chi connectivity index (χ1v) is 4.20. The van der Waals surface area contributed by atoms with Gasteiger partial charge in [-0.25, -0.2) is 0 Å². The minimum absolute atomic E-state index is 1.25. The average molecular weight is 138 g/mol. The van der Waals surface area contributed by atoms with Gasteiger partial charge in [-0.1, -0.05) is 19.4 Å². The van der Waals surface area contributed by atoms with Crippen LogP contribution in [0.2, 0.25) is 0 Å². The number of hydrogen-bond donors (Lipinski definition) is 0. The van der Waals surface area contributed by atoms with E-state index in [4.69, 9.17) is 0 Å². The lowest BCUT2D eigenvalue weighted by molar-refractivity contribution is 0.940. The summed E-state index contributed by atoms with van der Waals surface area (Å²) in [6, 6.07) is 4.42. The van der Waals surface area contributed by atoms with Crippen molar-refractivity contribution in [3.8, 4) is 0 Å². The molecule has 0 radical (unpaired) electrons. The van der Waals surface area contributed by atoms with Crippen LogP contribution in [0.3, 0.4) is 0 Å². The topological polar surface area (TPSA) is 0 Å². The predicted molar refractivity (Wildman–Crippen MR) is 46.5 cm³/mol. The standard InChI is InChI=1S/C7H11BS/c1-2-3-6-4-5-7(8)9-6/h4-5H,2-3,8H2,1H3. The highest BCUT2D eigenvalue weighted by molar-refractivity contribution is 7.20. The maximum absolute atomic E-state index is 2.23. The Morgan fingerprint density at radius 1 is 1.56 bits per heavy atom. The van der Waals surface area contributed by atoms with Crippen molar-refractivity contribution >= 4 is 24.0 Å². The van der Waals surface area contributed by atoms with E-state index in [-0.39, 0.29) is 0 Å². The summed E-state index contributed by atoms with van der Waals surface area (Å²) in [4.78, 5) is 1.52. The van der Waals surface area contributed by atoms with Crippen LogP contribution in [0.15, 0.2) is 12.1 Å². The molecule has 1 aromatic rings. The van der Waals surface area contributed by atoms with E-state index < -0.39 is 0 Å². The van der Waals surface area contributed by atoms with Crippen LogP contribution in [0.1, 0.15) is 18.2 Å². The van der Waals surface area contributed by atoms with Crippen molar-refractivity contribution < 1.29 is 0 Å². The summed E-state index contributed by atoms with van der Waals surface area (Å²) in [7, 11) is 2.16. The molecule has 0 saturated heterocycles. The molecule has 0 unspecified atom stereocenters. The van der Waals surface area contributed by atoms with Gasteiger partial charge >= 0.3 is 0 Å². The molecule has 0 spiro atoms. The van der Waals surface area contributed by atoms with Crippen molar-refractivity contribution in [3.63, 3.8) is 0 Å². The molecular formula is C7H11BS. The third-order valence-electron chi connectivity index (χ3n) is 1.29. The van der Waals surface area contributed by atoms with E-state index in [0.717, 1.165) is 0 Å². The van der Waals surface area contributed by atoms with Crippen LogP contribution in [0.5, 0.6) is 0 Å². The van der Waals surface area contributed by atoms with Gasteiger partial charge in [-0.05, 0) is 17.3 Å². The lowest BCUT2D eigenvalue weighted by Gasteiger charge is -1.86. The van der Waals surface area contributed by atoms with Crippen LogP contribution in [0.4, 0.5) is 0 Å². The zero-order chi connectivity index (χ0) is 6.69. The molecule has 9 heavy (non-hydrogen) atoms. The summed E-state index contributed by atoms with van der Waals surface area (Å²) in [6.07, 6.45) is 2.51. The Morgan fingerprint density at radius 3 is 2.78 bits per heavy atom. The molecule has 0 N–H and O–H groups in total. The second kappa shape index (κ2) is 3.07. The normalized spacial score (nSPS) is 9.89. The molecule has 1 aromatic heterocycles. The highest BCUT2D eigenvalue weighted by Crippen LogP contribution is 2.07. The molecular weight excluding hydrogens is 127 g/mol. The molecule has 0 saturated carbocycles. The van der Waals surface area contributed by atoms with Gasteiger partial charge in [0.2, 0.25) is 0 Å². The second-order valence-electron chi connectivity index (χ2n) is 2.26. The van der Waals surface area contributed by atoms with Crippen LogP contribution >= 0.6 is 11.3 Å². The highest BCUT2D eigenvalue weighted by Gasteiger charge is 1.92. The summed E-state index contributed by atoms with van der Waals surface area (Å²) >= 11 is 1.91. The zero-order valence-corrected chi connectivity index (χ0v) is 6.79. The second-order valence-corrected chi connectivity index (χ2v) is 3.63. The van der Waals surface area contributed by atoms with Gasteiger partial charge in [-0.2, -0.15) is 11.3 Å². The van der Waals surface area contributed by atoms with Gasteiger partial charge in [0.1, 0.15) is 0 Å². The first kappa shape index (κ1) is 6.88. The lowest BCUT2D eigenvalue weighted by atomic mass is 10.1. The number of thiophene rings is 1. The van der Waals surface area contributed by atoms with Crippen molar-refractivity contribution in [3.05, 3.63) is 17.0 Å². The number of hydrogen-bond acceptors (Lipinski definition) is 1. The predicted octanol–water partition coefficient (Wildman–Crippen LogP) is 0.959. The van der Waals surface area contributed by atoms with E-state index in [1.54, 1.807) is 0 Å². The molecule has 0 bridgehead atoms. The minimum atomic E-state index is 1.25. The van der Waals surface area contributed by atoms with Crippen LogP contribution in [-0.2, 0) is 6.42 Å². The molecule has 0 nitrogen and oxygen atoms in total. The van der Waals surface area contributed by atoms with E-state index in [1.807, 2.05) is 11.3 Å². The molecule has 0 amide bonds. The Labute approximate surface area is 61.3 Å². The van der Waals surface area contributed by atoms with Crippen LogP contribution in [-0.4, -0.2) is 7.85 Å². The summed E-state index contributed by atoms with van der Waals surface area (Å²) < 4.78 is 1.43. The third kappa shape index (κ3) is 1.86. The summed E-state index contributed by atoms with van der Waals surface area (Å²) in [5.74, 6) is 0. The monoisotopic (exact) mass is 138 g/mol. The minimum Gasteiger partial charge on any atom is -0.156 e. The SMILES string of the molecule is Bc1ccc(CCC)s1. The van der Waals surface area contributed by atoms with Crippen LogP contribution in [0, 0.1) is 0 Å². The van der Waals surface area contributed by atoms with E-state index in [9.17, 15) is 0 Å². The Morgan fingerprint density at radius 2 is 2.33 bits per heavy atom. The van der Waals surface area contributed by atoms with Gasteiger partial charge in [-0.3, -0.25) is 0 Å². The molecule has 1 rings (SSSR count). The molecule has 2 heteroatoms. The van der Waals surface area contributed by atoms with E-state index in [1.165, 1.54) is 22.5 Å². The van der Waals surface area contributed by atoms with Crippen molar-refractivity contribution in [2.75, 3.05) is 0 Å². The fourth-order valence-corrected chi connectivity index (χ4v) is 1.86. The van der Waals surface area contributed by atoms with E-state index >= 15 is 0 Å². The Kier molecular flexibility index (Phi) is 2.34. The first-order valence-electron chi connectivity index (χ1n) is 3.38. The van der Waals surface area contributed by atoms with Gasteiger partial charge < -0.3 is 0 Å². The summed E-state index contributed by atoms with van der Waals surface area (Å²) in [5, 5.41) is 0. The van der Waals surface area contributed by atoms with Gasteiger partial charge in [0, 0.05) is 4.88 Å². The Bertz CT molecular complexity index is 181. The molecule has 0 fully saturated rings. The first-order chi connectivity index (χ1) is 4.33. The van der Waals surface area contributed by atoms with Crippen molar-refractivity contribution in [2.24, 2.45) is 0 Å². The fraction of sp³-hybridized carbons (Fsp3) is 0.429. The molecule has 0 aliphatic carbocycles. The van der Waals surface area contributed by atoms with Crippen LogP contribution < -0.4 is 4.78 Å². The molecule has 1 heterocycles. The molecule has 0 atom stereocenters. The fourth-order valence-electron chi connectivity index (χ4n) is 0.866. The smallest absolute Gasteiger partial charge is 0.152 e. The van der Waals surface area contributed by atoms with Gasteiger partial charge in [0.15, 0.2) is 7.85 Å². The highest BCUT2D eigenvalue weighted by atomic mass is 32.1. The lowest BCUT2D eigenvalue weighted by Crippen LogP contribution is -1.89. The van der Waals surface area contributed by atoms with Crippen molar-refractivity contribution in [1.82, 2.24) is 0 Å². The quantitative estimate of drug-likeness (QED) is 0.534. The van der Waals surface area contributed by atoms with E-state index in [0.29, 0.717) is 0 Å². The molecule has 48 valence electrons. The largest absolute Gasteiger partial charge is 0.156 e. The molecule has 0 aliphatic rings. The Hall–Kier alpha value is -0.235. The van der Waals surface area contributed by atoms with Crippen molar-refractivity contribution in [2.45, 2.75) is 19.8 Å². The summed E-state index contributed by atoms with van der Waals surface area (Å²) in [6.45, 7) is 2.22. The summed E-state index contributed by atoms with van der Waals surface area (Å²) in [5.41, 5.74) is 0. The van der Waals surface area contributed by atoms with Gasteiger partial charge in [0.25, 0.3) is 0 Å².